The van der Waals surface area contributed by atoms with Gasteiger partial charge in [-0.3, -0.25) is 13.9 Å². The van der Waals surface area contributed by atoms with E-state index in [1.165, 1.54) is 11.0 Å². The number of halogens is 3. The molecule has 0 spiro atoms. The number of anilines is 1. The quantitative estimate of drug-likeness (QED) is 0.495. The Balaban J connectivity index is 2.45. The zero-order valence-corrected chi connectivity index (χ0v) is 20.7. The van der Waals surface area contributed by atoms with Crippen LogP contribution in [0.2, 0.25) is 0 Å². The molecule has 0 aliphatic rings. The first kappa shape index (κ1) is 28.2. The van der Waals surface area contributed by atoms with Crippen molar-refractivity contribution in [1.29, 1.82) is 0 Å². The van der Waals surface area contributed by atoms with E-state index < -0.39 is 40.3 Å². The van der Waals surface area contributed by atoms with Gasteiger partial charge in [-0.25, -0.2) is 8.42 Å². The van der Waals surface area contributed by atoms with E-state index in [0.29, 0.717) is 28.9 Å². The van der Waals surface area contributed by atoms with Crippen molar-refractivity contribution in [3.8, 4) is 0 Å². The monoisotopic (exact) mass is 513 g/mol. The maximum atomic E-state index is 13.5. The Morgan fingerprint density at radius 3 is 2.23 bits per heavy atom. The maximum absolute atomic E-state index is 13.5. The summed E-state index contributed by atoms with van der Waals surface area (Å²) in [6.45, 7) is 3.28. The van der Waals surface area contributed by atoms with E-state index >= 15 is 0 Å². The second-order valence-electron chi connectivity index (χ2n) is 8.04. The highest BCUT2D eigenvalue weighted by molar-refractivity contribution is 7.92. The zero-order valence-electron chi connectivity index (χ0n) is 19.9. The van der Waals surface area contributed by atoms with Gasteiger partial charge in [-0.15, -0.1) is 0 Å². The number of nitrogens with zero attached hydrogens (tertiary/aromatic N) is 2. The van der Waals surface area contributed by atoms with Crippen LogP contribution in [-0.4, -0.2) is 50.5 Å². The van der Waals surface area contributed by atoms with Crippen LogP contribution in [0.25, 0.3) is 0 Å². The van der Waals surface area contributed by atoms with Crippen molar-refractivity contribution in [2.75, 3.05) is 23.7 Å². The van der Waals surface area contributed by atoms with Crippen molar-refractivity contribution < 1.29 is 31.2 Å². The van der Waals surface area contributed by atoms with Crippen LogP contribution >= 0.6 is 0 Å². The van der Waals surface area contributed by atoms with Crippen LogP contribution in [0, 0.1) is 0 Å². The third-order valence-corrected chi connectivity index (χ3v) is 6.41. The lowest BCUT2D eigenvalue weighted by atomic mass is 10.1. The van der Waals surface area contributed by atoms with Crippen molar-refractivity contribution in [2.45, 2.75) is 45.5 Å². The molecule has 2 amide bonds. The number of rotatable bonds is 11. The number of sulfonamides is 1. The number of hydrogen-bond donors (Lipinski definition) is 1. The molecule has 11 heteroatoms. The van der Waals surface area contributed by atoms with Gasteiger partial charge in [0.15, 0.2) is 0 Å². The van der Waals surface area contributed by atoms with E-state index in [2.05, 4.69) is 5.32 Å². The van der Waals surface area contributed by atoms with Gasteiger partial charge in [0.1, 0.15) is 12.6 Å². The fourth-order valence-corrected chi connectivity index (χ4v) is 4.36. The summed E-state index contributed by atoms with van der Waals surface area (Å²) in [5, 5.41) is 2.75. The van der Waals surface area contributed by atoms with Gasteiger partial charge >= 0.3 is 6.18 Å². The lowest BCUT2D eigenvalue weighted by Gasteiger charge is -2.33. The van der Waals surface area contributed by atoms with Crippen LogP contribution < -0.4 is 9.62 Å². The molecular formula is C24H30F3N3O4S. The van der Waals surface area contributed by atoms with Crippen molar-refractivity contribution in [3.63, 3.8) is 0 Å². The number of carbonyl (C=O) groups excluding carboxylic acids is 2. The first-order valence-electron chi connectivity index (χ1n) is 11.1. The lowest BCUT2D eigenvalue weighted by molar-refractivity contribution is -0.140. The predicted octanol–water partition coefficient (Wildman–Crippen LogP) is 3.81. The molecule has 7 nitrogen and oxygen atoms in total. The summed E-state index contributed by atoms with van der Waals surface area (Å²) in [6, 6.07) is 11.7. The molecule has 35 heavy (non-hydrogen) atoms. The van der Waals surface area contributed by atoms with E-state index in [1.807, 2.05) is 6.92 Å². The van der Waals surface area contributed by atoms with Gasteiger partial charge in [0.2, 0.25) is 21.8 Å². The van der Waals surface area contributed by atoms with Gasteiger partial charge in [0.25, 0.3) is 0 Å². The Morgan fingerprint density at radius 2 is 1.69 bits per heavy atom. The normalized spacial score (nSPS) is 12.6. The van der Waals surface area contributed by atoms with E-state index in [4.69, 9.17) is 0 Å². The first-order valence-corrected chi connectivity index (χ1v) is 13.0. The number of hydrogen-bond acceptors (Lipinski definition) is 4. The summed E-state index contributed by atoms with van der Waals surface area (Å²) in [6.07, 6.45) is -2.93. The van der Waals surface area contributed by atoms with Gasteiger partial charge in [-0.05, 0) is 36.6 Å². The molecule has 0 fully saturated rings. The summed E-state index contributed by atoms with van der Waals surface area (Å²) < 4.78 is 65.3. The zero-order chi connectivity index (χ0) is 26.2. The highest BCUT2D eigenvalue weighted by Gasteiger charge is 2.34. The molecule has 2 aromatic carbocycles. The largest absolute Gasteiger partial charge is 0.416 e. The predicted molar refractivity (Wildman–Crippen MR) is 128 cm³/mol. The molecule has 2 rings (SSSR count). The van der Waals surface area contributed by atoms with Crippen LogP contribution in [-0.2, 0) is 32.3 Å². The highest BCUT2D eigenvalue weighted by atomic mass is 32.2. The molecule has 192 valence electrons. The Hall–Kier alpha value is -3.08. The van der Waals surface area contributed by atoms with Crippen molar-refractivity contribution in [2.24, 2.45) is 0 Å². The van der Waals surface area contributed by atoms with Crippen LogP contribution in [0.5, 0.6) is 0 Å². The molecule has 1 unspecified atom stereocenters. The second kappa shape index (κ2) is 12.1. The Morgan fingerprint density at radius 1 is 1.03 bits per heavy atom. The average Bonchev–Trinajstić information content (AvgIpc) is 2.80. The standard InChI is InChI=1S/C24H30F3N3O4S/c1-4-14-28-23(32)21(5-2)29(16-18-10-7-6-8-11-18)22(31)17-30(35(3,33)34)20-13-9-12-19(15-20)24(25,26)27/h6-13,15,21H,4-5,14,16-17H2,1-3H3,(H,28,32). The molecule has 1 N–H and O–H groups in total. The maximum Gasteiger partial charge on any atom is 0.416 e. The van der Waals surface area contributed by atoms with Crippen molar-refractivity contribution in [3.05, 3.63) is 65.7 Å². The molecule has 0 bridgehead atoms. The SMILES string of the molecule is CCCNC(=O)C(CC)N(Cc1ccccc1)C(=O)CN(c1cccc(C(F)(F)F)c1)S(C)(=O)=O. The third-order valence-electron chi connectivity index (χ3n) is 5.27. The summed E-state index contributed by atoms with van der Waals surface area (Å²) in [5.41, 5.74) is -0.617. The fraction of sp³-hybridized carbons (Fsp3) is 0.417. The van der Waals surface area contributed by atoms with Gasteiger partial charge < -0.3 is 10.2 Å². The Labute approximate surface area is 204 Å². The van der Waals surface area contributed by atoms with Gasteiger partial charge in [-0.2, -0.15) is 13.2 Å². The van der Waals surface area contributed by atoms with Crippen molar-refractivity contribution >= 4 is 27.5 Å². The number of nitrogens with one attached hydrogen (secondary N) is 1. The lowest BCUT2D eigenvalue weighted by Crippen LogP contribution is -2.52. The van der Waals surface area contributed by atoms with Crippen LogP contribution in [0.15, 0.2) is 54.6 Å². The van der Waals surface area contributed by atoms with Gasteiger partial charge in [0, 0.05) is 13.1 Å². The van der Waals surface area contributed by atoms with Crippen LogP contribution in [0.4, 0.5) is 18.9 Å². The molecule has 0 heterocycles. The van der Waals surface area contributed by atoms with Crippen molar-refractivity contribution in [1.82, 2.24) is 10.2 Å². The summed E-state index contributed by atoms with van der Waals surface area (Å²) in [4.78, 5) is 27.5. The topological polar surface area (TPSA) is 86.8 Å². The Kier molecular flexibility index (Phi) is 9.70. The van der Waals surface area contributed by atoms with E-state index in [-0.39, 0.29) is 24.6 Å². The first-order chi connectivity index (χ1) is 16.4. The molecule has 0 radical (unpaired) electrons. The summed E-state index contributed by atoms with van der Waals surface area (Å²) in [5.74, 6) is -1.10. The fourth-order valence-electron chi connectivity index (χ4n) is 3.52. The Bertz CT molecular complexity index is 1110. The molecular weight excluding hydrogens is 483 g/mol. The smallest absolute Gasteiger partial charge is 0.354 e. The molecule has 0 aliphatic heterocycles. The molecule has 0 saturated carbocycles. The van der Waals surface area contributed by atoms with E-state index in [0.717, 1.165) is 18.4 Å². The minimum atomic E-state index is -4.69. The number of amides is 2. The molecule has 0 aliphatic carbocycles. The highest BCUT2D eigenvalue weighted by Crippen LogP contribution is 2.32. The molecule has 0 saturated heterocycles. The van der Waals surface area contributed by atoms with Crippen LogP contribution in [0.1, 0.15) is 37.8 Å². The summed E-state index contributed by atoms with van der Waals surface area (Å²) in [7, 11) is -4.13. The van der Waals surface area contributed by atoms with Gasteiger partial charge in [0.05, 0.1) is 17.5 Å². The molecule has 0 aromatic heterocycles. The number of carbonyl (C=O) groups is 2. The van der Waals surface area contributed by atoms with E-state index in [1.54, 1.807) is 37.3 Å². The average molecular weight is 514 g/mol. The van der Waals surface area contributed by atoms with Gasteiger partial charge in [-0.1, -0.05) is 50.2 Å². The minimum Gasteiger partial charge on any atom is -0.354 e. The number of benzene rings is 2. The second-order valence-corrected chi connectivity index (χ2v) is 9.95. The van der Waals surface area contributed by atoms with Crippen LogP contribution in [0.3, 0.4) is 0 Å². The third kappa shape index (κ3) is 7.98. The molecule has 1 atom stereocenters. The number of alkyl halides is 3. The summed E-state index contributed by atoms with van der Waals surface area (Å²) >= 11 is 0. The minimum absolute atomic E-state index is 0.0257. The van der Waals surface area contributed by atoms with E-state index in [9.17, 15) is 31.2 Å². The molecule has 2 aromatic rings.